The summed E-state index contributed by atoms with van der Waals surface area (Å²) in [7, 11) is 1.64. The van der Waals surface area contributed by atoms with E-state index in [1.54, 1.807) is 7.11 Å². The summed E-state index contributed by atoms with van der Waals surface area (Å²) in [5, 5.41) is 13.8. The SMILES string of the molecule is COc1ccc(C(O)C(C)NCCC(=O)C2CCCCC2)cc1C. The zero-order valence-electron chi connectivity index (χ0n) is 15.2. The van der Waals surface area contributed by atoms with E-state index in [-0.39, 0.29) is 12.0 Å². The van der Waals surface area contributed by atoms with Crippen molar-refractivity contribution in [3.05, 3.63) is 29.3 Å². The molecule has 0 heterocycles. The number of ketones is 1. The van der Waals surface area contributed by atoms with Gasteiger partial charge < -0.3 is 15.2 Å². The van der Waals surface area contributed by atoms with Crippen LogP contribution in [0.4, 0.5) is 0 Å². The average molecular weight is 333 g/mol. The first-order valence-electron chi connectivity index (χ1n) is 9.11. The molecule has 0 radical (unpaired) electrons. The molecule has 0 bridgehead atoms. The number of benzene rings is 1. The Kier molecular flexibility index (Phi) is 7.25. The highest BCUT2D eigenvalue weighted by molar-refractivity contribution is 5.81. The van der Waals surface area contributed by atoms with Gasteiger partial charge in [-0.05, 0) is 49.9 Å². The molecule has 0 saturated heterocycles. The number of hydrogen-bond donors (Lipinski definition) is 2. The number of aliphatic hydroxyl groups is 1. The first-order chi connectivity index (χ1) is 11.5. The summed E-state index contributed by atoms with van der Waals surface area (Å²) >= 11 is 0. The highest BCUT2D eigenvalue weighted by Crippen LogP contribution is 2.26. The Morgan fingerprint density at radius 3 is 2.67 bits per heavy atom. The van der Waals surface area contributed by atoms with Crippen LogP contribution in [0.2, 0.25) is 0 Å². The summed E-state index contributed by atoms with van der Waals surface area (Å²) in [6, 6.07) is 5.63. The van der Waals surface area contributed by atoms with Crippen LogP contribution in [-0.2, 0) is 4.79 Å². The molecule has 2 rings (SSSR count). The zero-order chi connectivity index (χ0) is 17.5. The molecule has 4 heteroatoms. The third-order valence-electron chi connectivity index (χ3n) is 5.13. The first-order valence-corrected chi connectivity index (χ1v) is 9.11. The van der Waals surface area contributed by atoms with Gasteiger partial charge in [-0.15, -0.1) is 0 Å². The van der Waals surface area contributed by atoms with Crippen LogP contribution in [0.3, 0.4) is 0 Å². The normalized spacial score (nSPS) is 18.2. The molecule has 2 unspecified atom stereocenters. The molecular weight excluding hydrogens is 302 g/mol. The molecule has 1 aromatic carbocycles. The molecule has 4 nitrogen and oxygen atoms in total. The Hall–Kier alpha value is -1.39. The Morgan fingerprint density at radius 1 is 1.33 bits per heavy atom. The van der Waals surface area contributed by atoms with Gasteiger partial charge in [0.2, 0.25) is 0 Å². The number of rotatable bonds is 8. The van der Waals surface area contributed by atoms with Gasteiger partial charge in [-0.25, -0.2) is 0 Å². The summed E-state index contributed by atoms with van der Waals surface area (Å²) in [6.07, 6.45) is 5.73. The molecule has 2 atom stereocenters. The largest absolute Gasteiger partial charge is 0.496 e. The van der Waals surface area contributed by atoms with Crippen molar-refractivity contribution >= 4 is 5.78 Å². The van der Waals surface area contributed by atoms with Gasteiger partial charge in [0.1, 0.15) is 11.5 Å². The number of hydrogen-bond acceptors (Lipinski definition) is 4. The maximum Gasteiger partial charge on any atom is 0.137 e. The summed E-state index contributed by atoms with van der Waals surface area (Å²) in [5.74, 6) is 1.47. The Labute approximate surface area is 145 Å². The van der Waals surface area contributed by atoms with Crippen molar-refractivity contribution in [2.75, 3.05) is 13.7 Å². The quantitative estimate of drug-likeness (QED) is 0.764. The topological polar surface area (TPSA) is 58.6 Å². The number of Topliss-reactive ketones (excluding diaryl/α,β-unsaturated/α-hetero) is 1. The predicted octanol–water partition coefficient (Wildman–Crippen LogP) is 3.55. The van der Waals surface area contributed by atoms with Crippen LogP contribution in [0.5, 0.6) is 5.75 Å². The number of carbonyl (C=O) groups excluding carboxylic acids is 1. The molecule has 0 aromatic heterocycles. The van der Waals surface area contributed by atoms with Gasteiger partial charge in [-0.3, -0.25) is 4.79 Å². The van der Waals surface area contributed by atoms with Crippen molar-refractivity contribution < 1.29 is 14.6 Å². The van der Waals surface area contributed by atoms with E-state index < -0.39 is 6.10 Å². The summed E-state index contributed by atoms with van der Waals surface area (Å²) in [5.41, 5.74) is 1.88. The van der Waals surface area contributed by atoms with Crippen LogP contribution in [0, 0.1) is 12.8 Å². The van der Waals surface area contributed by atoms with Gasteiger partial charge in [-0.2, -0.15) is 0 Å². The van der Waals surface area contributed by atoms with Crippen molar-refractivity contribution in [2.24, 2.45) is 5.92 Å². The van der Waals surface area contributed by atoms with Crippen LogP contribution in [0.15, 0.2) is 18.2 Å². The number of aryl methyl sites for hydroxylation is 1. The van der Waals surface area contributed by atoms with Crippen LogP contribution in [0.1, 0.15) is 62.7 Å². The Morgan fingerprint density at radius 2 is 2.04 bits per heavy atom. The molecule has 2 N–H and O–H groups in total. The average Bonchev–Trinajstić information content (AvgIpc) is 2.61. The van der Waals surface area contributed by atoms with Crippen molar-refractivity contribution in [1.29, 1.82) is 0 Å². The monoisotopic (exact) mass is 333 g/mol. The summed E-state index contributed by atoms with van der Waals surface area (Å²) in [6.45, 7) is 4.55. The molecule has 1 fully saturated rings. The third kappa shape index (κ3) is 5.05. The van der Waals surface area contributed by atoms with E-state index in [0.29, 0.717) is 18.7 Å². The molecule has 1 aliphatic rings. The van der Waals surface area contributed by atoms with Gasteiger partial charge in [0.25, 0.3) is 0 Å². The number of carbonyl (C=O) groups is 1. The van der Waals surface area contributed by atoms with Crippen molar-refractivity contribution in [3.8, 4) is 5.75 Å². The molecule has 24 heavy (non-hydrogen) atoms. The van der Waals surface area contributed by atoms with Crippen molar-refractivity contribution in [3.63, 3.8) is 0 Å². The third-order valence-corrected chi connectivity index (χ3v) is 5.13. The van der Waals surface area contributed by atoms with Gasteiger partial charge in [0.15, 0.2) is 0 Å². The smallest absolute Gasteiger partial charge is 0.137 e. The fourth-order valence-electron chi connectivity index (χ4n) is 3.54. The van der Waals surface area contributed by atoms with E-state index in [2.05, 4.69) is 5.32 Å². The lowest BCUT2D eigenvalue weighted by molar-refractivity contribution is -0.123. The van der Waals surface area contributed by atoms with Gasteiger partial charge in [0, 0.05) is 24.9 Å². The highest BCUT2D eigenvalue weighted by Gasteiger charge is 2.21. The van der Waals surface area contributed by atoms with E-state index in [1.165, 1.54) is 19.3 Å². The van der Waals surface area contributed by atoms with Crippen LogP contribution >= 0.6 is 0 Å². The van der Waals surface area contributed by atoms with Crippen LogP contribution in [0.25, 0.3) is 0 Å². The lowest BCUT2D eigenvalue weighted by Gasteiger charge is -2.23. The maximum absolute atomic E-state index is 12.2. The Bertz CT molecular complexity index is 538. The Balaban J connectivity index is 1.79. The van der Waals surface area contributed by atoms with Crippen molar-refractivity contribution in [2.45, 2.75) is 64.5 Å². The van der Waals surface area contributed by atoms with Gasteiger partial charge in [-0.1, -0.05) is 25.3 Å². The molecule has 0 amide bonds. The maximum atomic E-state index is 12.2. The van der Waals surface area contributed by atoms with E-state index >= 15 is 0 Å². The second kappa shape index (κ2) is 9.19. The predicted molar refractivity (Wildman–Crippen MR) is 96.4 cm³/mol. The molecule has 134 valence electrons. The van der Waals surface area contributed by atoms with E-state index in [9.17, 15) is 9.90 Å². The minimum absolute atomic E-state index is 0.100. The molecule has 1 aromatic rings. The zero-order valence-corrected chi connectivity index (χ0v) is 15.2. The molecule has 0 aliphatic heterocycles. The van der Waals surface area contributed by atoms with E-state index in [4.69, 9.17) is 4.74 Å². The molecule has 1 saturated carbocycles. The minimum Gasteiger partial charge on any atom is -0.496 e. The fraction of sp³-hybridized carbons (Fsp3) is 0.650. The lowest BCUT2D eigenvalue weighted by atomic mass is 9.85. The van der Waals surface area contributed by atoms with Crippen molar-refractivity contribution in [1.82, 2.24) is 5.32 Å². The summed E-state index contributed by atoms with van der Waals surface area (Å²) < 4.78 is 5.25. The van der Waals surface area contributed by atoms with Gasteiger partial charge >= 0.3 is 0 Å². The number of aliphatic hydroxyl groups excluding tert-OH is 1. The lowest BCUT2D eigenvalue weighted by Crippen LogP contribution is -2.34. The second-order valence-electron chi connectivity index (χ2n) is 6.97. The highest BCUT2D eigenvalue weighted by atomic mass is 16.5. The van der Waals surface area contributed by atoms with E-state index in [0.717, 1.165) is 29.7 Å². The summed E-state index contributed by atoms with van der Waals surface area (Å²) in [4.78, 5) is 12.2. The first kappa shape index (κ1) is 18.9. The minimum atomic E-state index is -0.598. The molecule has 0 spiro atoms. The van der Waals surface area contributed by atoms with Crippen LogP contribution < -0.4 is 10.1 Å². The molecule has 1 aliphatic carbocycles. The van der Waals surface area contributed by atoms with Crippen LogP contribution in [-0.4, -0.2) is 30.6 Å². The second-order valence-corrected chi connectivity index (χ2v) is 6.97. The van der Waals surface area contributed by atoms with Gasteiger partial charge in [0.05, 0.1) is 13.2 Å². The number of nitrogens with one attached hydrogen (secondary N) is 1. The standard InChI is InChI=1S/C20H31NO3/c1-14-13-17(9-10-19(14)24-3)20(23)15(2)21-12-11-18(22)16-7-5-4-6-8-16/h9-10,13,15-16,20-21,23H,4-8,11-12H2,1-3H3. The number of ether oxygens (including phenoxy) is 1. The fourth-order valence-corrected chi connectivity index (χ4v) is 3.54. The number of methoxy groups -OCH3 is 1. The molecular formula is C20H31NO3. The van der Waals surface area contributed by atoms with E-state index in [1.807, 2.05) is 32.0 Å².